The topological polar surface area (TPSA) is 63.7 Å². The van der Waals surface area contributed by atoms with Crippen molar-refractivity contribution >= 4 is 11.6 Å². The van der Waals surface area contributed by atoms with E-state index in [1.165, 1.54) is 0 Å². The van der Waals surface area contributed by atoms with Crippen LogP contribution in [0.15, 0.2) is 85.1 Å². The lowest BCUT2D eigenvalue weighted by atomic mass is 9.97. The molecule has 0 atom stereocenters. The van der Waals surface area contributed by atoms with Gasteiger partial charge in [-0.05, 0) is 74.1 Å². The summed E-state index contributed by atoms with van der Waals surface area (Å²) in [5.41, 5.74) is 6.44. The second-order valence-electron chi connectivity index (χ2n) is 8.79. The maximum atomic E-state index is 13.0. The zero-order valence-corrected chi connectivity index (χ0v) is 21.1. The number of benzene rings is 3. The third-order valence-corrected chi connectivity index (χ3v) is 5.86. The first-order valence-corrected chi connectivity index (χ1v) is 11.8. The summed E-state index contributed by atoms with van der Waals surface area (Å²) in [6.45, 7) is 3.31. The van der Waals surface area contributed by atoms with Crippen LogP contribution in [0.1, 0.15) is 15.9 Å². The number of amides is 1. The van der Waals surface area contributed by atoms with Crippen molar-refractivity contribution < 1.29 is 14.3 Å². The molecule has 0 aliphatic rings. The minimum absolute atomic E-state index is 0.181. The van der Waals surface area contributed by atoms with E-state index in [0.29, 0.717) is 29.4 Å². The van der Waals surface area contributed by atoms with Gasteiger partial charge < -0.3 is 19.7 Å². The van der Waals surface area contributed by atoms with Crippen LogP contribution in [0.5, 0.6) is 11.5 Å². The van der Waals surface area contributed by atoms with Gasteiger partial charge in [-0.25, -0.2) is 0 Å². The molecule has 0 bridgehead atoms. The molecular weight excluding hydrogens is 450 g/mol. The van der Waals surface area contributed by atoms with Gasteiger partial charge >= 0.3 is 0 Å². The van der Waals surface area contributed by atoms with Gasteiger partial charge in [0, 0.05) is 35.6 Å². The Labute approximate surface area is 212 Å². The highest BCUT2D eigenvalue weighted by atomic mass is 16.5. The number of nitrogens with zero attached hydrogens (tertiary/aromatic N) is 2. The van der Waals surface area contributed by atoms with Crippen molar-refractivity contribution in [2.24, 2.45) is 0 Å². The molecule has 0 aliphatic carbocycles. The summed E-state index contributed by atoms with van der Waals surface area (Å²) in [5.74, 6) is 1.04. The van der Waals surface area contributed by atoms with Crippen LogP contribution in [0.3, 0.4) is 0 Å². The SMILES string of the molecule is COc1ccc(NC(=O)c2ccc(-c3ccc(-c4ccccn4)cc3)c(C)c2)cc1OCCN(C)C. The van der Waals surface area contributed by atoms with Gasteiger partial charge in [0.05, 0.1) is 12.8 Å². The van der Waals surface area contributed by atoms with Crippen molar-refractivity contribution in [3.05, 3.63) is 96.2 Å². The van der Waals surface area contributed by atoms with Gasteiger partial charge in [0.15, 0.2) is 11.5 Å². The number of aryl methyl sites for hydroxylation is 1. The highest BCUT2D eigenvalue weighted by Gasteiger charge is 2.12. The zero-order chi connectivity index (χ0) is 25.5. The molecule has 0 saturated heterocycles. The molecule has 36 heavy (non-hydrogen) atoms. The quantitative estimate of drug-likeness (QED) is 0.321. The minimum Gasteiger partial charge on any atom is -0.493 e. The largest absolute Gasteiger partial charge is 0.493 e. The van der Waals surface area contributed by atoms with E-state index in [2.05, 4.69) is 34.6 Å². The fourth-order valence-electron chi connectivity index (χ4n) is 3.89. The minimum atomic E-state index is -0.181. The van der Waals surface area contributed by atoms with Gasteiger partial charge in [-0.2, -0.15) is 0 Å². The molecular formula is C30H31N3O3. The number of methoxy groups -OCH3 is 1. The highest BCUT2D eigenvalue weighted by molar-refractivity contribution is 6.05. The molecule has 0 unspecified atom stereocenters. The molecule has 0 aliphatic heterocycles. The second kappa shape index (κ2) is 11.5. The van der Waals surface area contributed by atoms with Gasteiger partial charge in [0.1, 0.15) is 6.61 Å². The van der Waals surface area contributed by atoms with Gasteiger partial charge in [0.2, 0.25) is 0 Å². The zero-order valence-electron chi connectivity index (χ0n) is 21.1. The lowest BCUT2D eigenvalue weighted by Crippen LogP contribution is -2.19. The molecule has 1 N–H and O–H groups in total. The van der Waals surface area contributed by atoms with E-state index in [0.717, 1.165) is 34.5 Å². The summed E-state index contributed by atoms with van der Waals surface area (Å²) in [5, 5.41) is 2.97. The van der Waals surface area contributed by atoms with Crippen LogP contribution in [-0.2, 0) is 0 Å². The summed E-state index contributed by atoms with van der Waals surface area (Å²) in [6.07, 6.45) is 1.79. The first-order chi connectivity index (χ1) is 17.4. The predicted molar refractivity (Wildman–Crippen MR) is 145 cm³/mol. The first-order valence-electron chi connectivity index (χ1n) is 11.8. The van der Waals surface area contributed by atoms with Crippen LogP contribution in [0.2, 0.25) is 0 Å². The highest BCUT2D eigenvalue weighted by Crippen LogP contribution is 2.31. The summed E-state index contributed by atoms with van der Waals surface area (Å²) in [6, 6.07) is 25.3. The van der Waals surface area contributed by atoms with Crippen molar-refractivity contribution in [1.29, 1.82) is 0 Å². The molecule has 1 amide bonds. The maximum Gasteiger partial charge on any atom is 0.255 e. The molecule has 184 valence electrons. The van der Waals surface area contributed by atoms with Crippen molar-refractivity contribution in [2.45, 2.75) is 6.92 Å². The molecule has 1 heterocycles. The van der Waals surface area contributed by atoms with E-state index in [4.69, 9.17) is 9.47 Å². The number of pyridine rings is 1. The Balaban J connectivity index is 1.47. The third-order valence-electron chi connectivity index (χ3n) is 5.86. The van der Waals surface area contributed by atoms with Crippen LogP contribution >= 0.6 is 0 Å². The molecule has 4 aromatic rings. The Morgan fingerprint density at radius 2 is 1.69 bits per heavy atom. The van der Waals surface area contributed by atoms with Crippen LogP contribution in [0.25, 0.3) is 22.4 Å². The maximum absolute atomic E-state index is 13.0. The molecule has 1 aromatic heterocycles. The molecule has 0 radical (unpaired) electrons. The van der Waals surface area contributed by atoms with E-state index in [-0.39, 0.29) is 5.91 Å². The van der Waals surface area contributed by atoms with E-state index >= 15 is 0 Å². The summed E-state index contributed by atoms with van der Waals surface area (Å²) in [4.78, 5) is 19.4. The number of hydrogen-bond acceptors (Lipinski definition) is 5. The number of rotatable bonds is 9. The summed E-state index contributed by atoms with van der Waals surface area (Å²) in [7, 11) is 5.58. The van der Waals surface area contributed by atoms with Gasteiger partial charge in [0.25, 0.3) is 5.91 Å². The molecule has 0 spiro atoms. The predicted octanol–water partition coefficient (Wildman–Crippen LogP) is 5.93. The normalized spacial score (nSPS) is 10.8. The first kappa shape index (κ1) is 24.9. The number of aromatic nitrogens is 1. The average molecular weight is 482 g/mol. The molecule has 4 rings (SSSR count). The van der Waals surface area contributed by atoms with E-state index < -0.39 is 0 Å². The standard InChI is InChI=1S/C30H31N3O3/c1-21-19-24(12-14-26(21)22-8-10-23(11-9-22)27-7-5-6-16-31-27)30(34)32-25-13-15-28(35-4)29(20-25)36-18-17-33(2)3/h5-16,19-20H,17-18H2,1-4H3,(H,32,34). The Morgan fingerprint density at radius 3 is 2.36 bits per heavy atom. The number of ether oxygens (including phenoxy) is 2. The smallest absolute Gasteiger partial charge is 0.255 e. The number of hydrogen-bond donors (Lipinski definition) is 1. The van der Waals surface area contributed by atoms with Crippen molar-refractivity contribution in [3.8, 4) is 33.9 Å². The Hall–Kier alpha value is -4.16. The number of anilines is 1. The van der Waals surface area contributed by atoms with Crippen LogP contribution in [0, 0.1) is 6.92 Å². The Morgan fingerprint density at radius 1 is 0.917 bits per heavy atom. The van der Waals surface area contributed by atoms with Gasteiger partial charge in [-0.15, -0.1) is 0 Å². The molecule has 6 nitrogen and oxygen atoms in total. The van der Waals surface area contributed by atoms with Gasteiger partial charge in [-0.1, -0.05) is 36.4 Å². The Kier molecular flexibility index (Phi) is 7.98. The molecule has 0 saturated carbocycles. The van der Waals surface area contributed by atoms with Crippen LogP contribution in [-0.4, -0.2) is 50.1 Å². The monoisotopic (exact) mass is 481 g/mol. The number of nitrogens with one attached hydrogen (secondary N) is 1. The number of likely N-dealkylation sites (N-methyl/N-ethyl adjacent to an activating group) is 1. The van der Waals surface area contributed by atoms with Crippen LogP contribution < -0.4 is 14.8 Å². The fraction of sp³-hybridized carbons (Fsp3) is 0.200. The summed E-state index contributed by atoms with van der Waals surface area (Å²) >= 11 is 0. The third kappa shape index (κ3) is 6.09. The number of carbonyl (C=O) groups excluding carboxylic acids is 1. The lowest BCUT2D eigenvalue weighted by molar-refractivity contribution is 0.102. The van der Waals surface area contributed by atoms with Crippen molar-refractivity contribution in [2.75, 3.05) is 39.7 Å². The van der Waals surface area contributed by atoms with E-state index in [1.54, 1.807) is 31.5 Å². The molecule has 0 fully saturated rings. The lowest BCUT2D eigenvalue weighted by Gasteiger charge is -2.15. The van der Waals surface area contributed by atoms with Crippen LogP contribution in [0.4, 0.5) is 5.69 Å². The fourth-order valence-corrected chi connectivity index (χ4v) is 3.89. The van der Waals surface area contributed by atoms with E-state index in [9.17, 15) is 4.79 Å². The Bertz CT molecular complexity index is 1320. The van der Waals surface area contributed by atoms with Gasteiger partial charge in [-0.3, -0.25) is 9.78 Å². The average Bonchev–Trinajstić information content (AvgIpc) is 2.89. The summed E-state index contributed by atoms with van der Waals surface area (Å²) < 4.78 is 11.3. The number of carbonyl (C=O) groups is 1. The molecule has 3 aromatic carbocycles. The van der Waals surface area contributed by atoms with Crippen molar-refractivity contribution in [1.82, 2.24) is 9.88 Å². The second-order valence-corrected chi connectivity index (χ2v) is 8.79. The molecule has 6 heteroatoms. The van der Waals surface area contributed by atoms with Crippen molar-refractivity contribution in [3.63, 3.8) is 0 Å². The van der Waals surface area contributed by atoms with E-state index in [1.807, 2.05) is 62.3 Å².